The van der Waals surface area contributed by atoms with Crippen molar-refractivity contribution in [2.45, 2.75) is 0 Å². The van der Waals surface area contributed by atoms with Gasteiger partial charge in [0.2, 0.25) is 0 Å². The van der Waals surface area contributed by atoms with Crippen molar-refractivity contribution in [3.8, 4) is 17.2 Å². The fraction of sp³-hybridized carbons (Fsp3) is 0.0833. The molecule has 0 aromatic heterocycles. The minimum absolute atomic E-state index is 0.0579. The first-order chi connectivity index (χ1) is 15.4. The molecule has 3 aromatic rings. The summed E-state index contributed by atoms with van der Waals surface area (Å²) in [5.74, 6) is -0.105. The summed E-state index contributed by atoms with van der Waals surface area (Å²) in [5, 5.41) is 10.8. The standard InChI is InChI=1S/C24H19NO7/c1-30-21-7-4-8-22(31-2)23(21)24(27)32-19-12-10-17(11-13-19)20(26)14-9-16-5-3-6-18(15-16)25(28)29/h3-15H,1-2H3/b14-9+. The largest absolute Gasteiger partial charge is 0.496 e. The van der Waals surface area contributed by atoms with Crippen molar-refractivity contribution in [1.29, 1.82) is 0 Å². The number of nitrogens with zero attached hydrogens (tertiary/aromatic N) is 1. The minimum atomic E-state index is -0.663. The number of nitro groups is 1. The lowest BCUT2D eigenvalue weighted by atomic mass is 10.1. The number of methoxy groups -OCH3 is 2. The van der Waals surface area contributed by atoms with E-state index in [0.717, 1.165) is 0 Å². The number of rotatable bonds is 8. The highest BCUT2D eigenvalue weighted by Crippen LogP contribution is 2.29. The Balaban J connectivity index is 1.71. The Kier molecular flexibility index (Phi) is 6.97. The molecule has 0 saturated carbocycles. The molecule has 0 spiro atoms. The van der Waals surface area contributed by atoms with Crippen molar-refractivity contribution in [2.24, 2.45) is 0 Å². The third-order valence-electron chi connectivity index (χ3n) is 4.49. The molecule has 0 amide bonds. The molecule has 0 aliphatic heterocycles. The van der Waals surface area contributed by atoms with Crippen LogP contribution in [0, 0.1) is 10.1 Å². The Hall–Kier alpha value is -4.46. The summed E-state index contributed by atoms with van der Waals surface area (Å²) < 4.78 is 15.8. The monoisotopic (exact) mass is 433 g/mol. The average Bonchev–Trinajstić information content (AvgIpc) is 2.82. The molecular weight excluding hydrogens is 414 g/mol. The van der Waals surface area contributed by atoms with E-state index in [-0.39, 0.29) is 22.8 Å². The molecule has 162 valence electrons. The van der Waals surface area contributed by atoms with Crippen LogP contribution >= 0.6 is 0 Å². The van der Waals surface area contributed by atoms with Gasteiger partial charge in [0.05, 0.1) is 19.1 Å². The number of ketones is 1. The Labute approximate surface area is 183 Å². The normalized spacial score (nSPS) is 10.6. The smallest absolute Gasteiger partial charge is 0.351 e. The lowest BCUT2D eigenvalue weighted by Gasteiger charge is -2.12. The summed E-state index contributed by atoms with van der Waals surface area (Å²) in [4.78, 5) is 35.4. The molecule has 0 atom stereocenters. The van der Waals surface area contributed by atoms with Gasteiger partial charge in [-0.2, -0.15) is 0 Å². The van der Waals surface area contributed by atoms with Crippen LogP contribution in [0.2, 0.25) is 0 Å². The van der Waals surface area contributed by atoms with Gasteiger partial charge in [-0.25, -0.2) is 4.79 Å². The maximum Gasteiger partial charge on any atom is 0.351 e. The molecule has 0 saturated heterocycles. The van der Waals surface area contributed by atoms with E-state index in [1.165, 1.54) is 62.8 Å². The van der Waals surface area contributed by atoms with Crippen molar-refractivity contribution in [2.75, 3.05) is 14.2 Å². The number of benzene rings is 3. The topological polar surface area (TPSA) is 105 Å². The van der Waals surface area contributed by atoms with Crippen LogP contribution in [0.4, 0.5) is 5.69 Å². The Morgan fingerprint density at radius 1 is 0.906 bits per heavy atom. The second-order valence-corrected chi connectivity index (χ2v) is 6.50. The van der Waals surface area contributed by atoms with Gasteiger partial charge in [-0.1, -0.05) is 24.3 Å². The quantitative estimate of drug-likeness (QED) is 0.126. The molecule has 8 heteroatoms. The molecule has 3 rings (SSSR count). The van der Waals surface area contributed by atoms with Gasteiger partial charge in [0, 0.05) is 17.7 Å². The van der Waals surface area contributed by atoms with E-state index in [2.05, 4.69) is 0 Å². The second-order valence-electron chi connectivity index (χ2n) is 6.50. The van der Waals surface area contributed by atoms with E-state index in [0.29, 0.717) is 22.6 Å². The van der Waals surface area contributed by atoms with E-state index >= 15 is 0 Å². The fourth-order valence-electron chi connectivity index (χ4n) is 2.91. The molecule has 8 nitrogen and oxygen atoms in total. The predicted octanol–water partition coefficient (Wildman–Crippen LogP) is 4.73. The Morgan fingerprint density at radius 3 is 2.12 bits per heavy atom. The highest BCUT2D eigenvalue weighted by Gasteiger charge is 2.20. The maximum absolute atomic E-state index is 12.6. The SMILES string of the molecule is COc1cccc(OC)c1C(=O)Oc1ccc(C(=O)/C=C/c2cccc([N+](=O)[O-])c2)cc1. The molecule has 0 aliphatic carbocycles. The number of allylic oxidation sites excluding steroid dienone is 1. The summed E-state index contributed by atoms with van der Waals surface area (Å²) in [5.41, 5.74) is 0.986. The minimum Gasteiger partial charge on any atom is -0.496 e. The van der Waals surface area contributed by atoms with E-state index in [4.69, 9.17) is 14.2 Å². The van der Waals surface area contributed by atoms with Crippen LogP contribution in [0.3, 0.4) is 0 Å². The van der Waals surface area contributed by atoms with E-state index in [1.807, 2.05) is 0 Å². The van der Waals surface area contributed by atoms with Crippen LogP contribution in [0.25, 0.3) is 6.08 Å². The number of hydrogen-bond acceptors (Lipinski definition) is 7. The zero-order chi connectivity index (χ0) is 23.1. The number of ether oxygens (including phenoxy) is 3. The van der Waals surface area contributed by atoms with Gasteiger partial charge in [-0.05, 0) is 48.0 Å². The van der Waals surface area contributed by atoms with Crippen molar-refractivity contribution in [3.05, 3.63) is 99.6 Å². The molecule has 0 bridgehead atoms. The van der Waals surface area contributed by atoms with Crippen molar-refractivity contribution in [1.82, 2.24) is 0 Å². The van der Waals surface area contributed by atoms with Crippen molar-refractivity contribution in [3.63, 3.8) is 0 Å². The van der Waals surface area contributed by atoms with E-state index in [1.54, 1.807) is 30.3 Å². The summed E-state index contributed by atoms with van der Waals surface area (Å²) in [6, 6.07) is 16.9. The average molecular weight is 433 g/mol. The fourth-order valence-corrected chi connectivity index (χ4v) is 2.91. The Morgan fingerprint density at radius 2 is 1.53 bits per heavy atom. The molecule has 0 N–H and O–H groups in total. The van der Waals surface area contributed by atoms with Crippen molar-refractivity contribution >= 4 is 23.5 Å². The predicted molar refractivity (Wildman–Crippen MR) is 117 cm³/mol. The van der Waals surface area contributed by atoms with Gasteiger partial charge >= 0.3 is 5.97 Å². The summed E-state index contributed by atoms with van der Waals surface area (Å²) in [6.07, 6.45) is 2.82. The molecule has 0 unspecified atom stereocenters. The van der Waals surface area contributed by atoms with Gasteiger partial charge in [-0.3, -0.25) is 14.9 Å². The molecule has 0 radical (unpaired) electrons. The lowest BCUT2D eigenvalue weighted by molar-refractivity contribution is -0.384. The van der Waals surface area contributed by atoms with Gasteiger partial charge in [-0.15, -0.1) is 0 Å². The number of hydrogen-bond donors (Lipinski definition) is 0. The highest BCUT2D eigenvalue weighted by molar-refractivity contribution is 6.07. The van der Waals surface area contributed by atoms with Crippen LogP contribution in [0.5, 0.6) is 17.2 Å². The van der Waals surface area contributed by atoms with Gasteiger partial charge in [0.1, 0.15) is 22.8 Å². The maximum atomic E-state index is 12.6. The number of carbonyl (C=O) groups is 2. The summed E-state index contributed by atoms with van der Waals surface area (Å²) >= 11 is 0. The van der Waals surface area contributed by atoms with Gasteiger partial charge in [0.25, 0.3) is 5.69 Å². The summed E-state index contributed by atoms with van der Waals surface area (Å²) in [7, 11) is 2.88. The van der Waals surface area contributed by atoms with E-state index < -0.39 is 10.9 Å². The van der Waals surface area contributed by atoms with Gasteiger partial charge in [0.15, 0.2) is 5.78 Å². The third-order valence-corrected chi connectivity index (χ3v) is 4.49. The molecule has 0 fully saturated rings. The molecular formula is C24H19NO7. The van der Waals surface area contributed by atoms with Crippen LogP contribution in [0.1, 0.15) is 26.3 Å². The number of carbonyl (C=O) groups excluding carboxylic acids is 2. The highest BCUT2D eigenvalue weighted by atomic mass is 16.6. The number of esters is 1. The molecule has 0 heterocycles. The zero-order valence-corrected chi connectivity index (χ0v) is 17.3. The second kappa shape index (κ2) is 10.0. The molecule has 32 heavy (non-hydrogen) atoms. The number of nitro benzene ring substituents is 1. The van der Waals surface area contributed by atoms with Crippen LogP contribution < -0.4 is 14.2 Å². The van der Waals surface area contributed by atoms with Gasteiger partial charge < -0.3 is 14.2 Å². The molecule has 3 aromatic carbocycles. The third kappa shape index (κ3) is 5.17. The van der Waals surface area contributed by atoms with Crippen LogP contribution in [-0.4, -0.2) is 30.9 Å². The first-order valence-electron chi connectivity index (χ1n) is 9.43. The van der Waals surface area contributed by atoms with Crippen molar-refractivity contribution < 1.29 is 28.7 Å². The molecule has 0 aliphatic rings. The first kappa shape index (κ1) is 22.2. The first-order valence-corrected chi connectivity index (χ1v) is 9.43. The van der Waals surface area contributed by atoms with Crippen LogP contribution in [0.15, 0.2) is 72.8 Å². The number of non-ortho nitro benzene ring substituents is 1. The van der Waals surface area contributed by atoms with E-state index in [9.17, 15) is 19.7 Å². The lowest BCUT2D eigenvalue weighted by Crippen LogP contribution is -2.12. The van der Waals surface area contributed by atoms with Crippen LogP contribution in [-0.2, 0) is 0 Å². The summed E-state index contributed by atoms with van der Waals surface area (Å²) in [6.45, 7) is 0. The Bertz CT molecular complexity index is 1160. The zero-order valence-electron chi connectivity index (χ0n) is 17.3.